The van der Waals surface area contributed by atoms with Crippen LogP contribution in [0.15, 0.2) is 42.5 Å². The number of hydrogen-bond donors (Lipinski definition) is 2. The lowest BCUT2D eigenvalue weighted by molar-refractivity contribution is 0.191. The van der Waals surface area contributed by atoms with Gasteiger partial charge in [0.2, 0.25) is 0 Å². The highest BCUT2D eigenvalue weighted by atomic mass is 16.5. The van der Waals surface area contributed by atoms with Gasteiger partial charge in [0.1, 0.15) is 0 Å². The van der Waals surface area contributed by atoms with Gasteiger partial charge < -0.3 is 19.9 Å². The topological polar surface area (TPSA) is 94.3 Å². The Morgan fingerprint density at radius 1 is 1.14 bits per heavy atom. The first-order chi connectivity index (χ1) is 13.6. The van der Waals surface area contributed by atoms with E-state index < -0.39 is 0 Å². The van der Waals surface area contributed by atoms with Crippen LogP contribution in [0.2, 0.25) is 0 Å². The molecule has 8 heteroatoms. The first-order valence-electron chi connectivity index (χ1n) is 9.09. The first-order valence-corrected chi connectivity index (χ1v) is 9.09. The van der Waals surface area contributed by atoms with Crippen molar-refractivity contribution >= 4 is 0 Å². The Balaban J connectivity index is 1.68. The standard InChI is InChI=1S/C20H25N5O3/c1-14-4-7-17(8-5-14)25-20(22-23-24-25)13-28-18-9-6-16(10-19(18)27-3)12-21-11-15(2)26/h4-10,15,21,26H,11-13H2,1-3H3. The molecule has 0 aliphatic heterocycles. The highest BCUT2D eigenvalue weighted by Gasteiger charge is 2.12. The summed E-state index contributed by atoms with van der Waals surface area (Å²) in [5.74, 6) is 1.83. The molecule has 0 aliphatic rings. The van der Waals surface area contributed by atoms with Gasteiger partial charge in [-0.25, -0.2) is 0 Å². The minimum atomic E-state index is -0.385. The van der Waals surface area contributed by atoms with Gasteiger partial charge in [0.05, 0.1) is 18.9 Å². The van der Waals surface area contributed by atoms with Gasteiger partial charge in [-0.2, -0.15) is 4.68 Å². The Bertz CT molecular complexity index is 893. The minimum absolute atomic E-state index is 0.205. The lowest BCUT2D eigenvalue weighted by Crippen LogP contribution is -2.23. The fraction of sp³-hybridized carbons (Fsp3) is 0.350. The fourth-order valence-electron chi connectivity index (χ4n) is 2.69. The van der Waals surface area contributed by atoms with Gasteiger partial charge >= 0.3 is 0 Å². The van der Waals surface area contributed by atoms with Crippen molar-refractivity contribution in [1.82, 2.24) is 25.5 Å². The summed E-state index contributed by atoms with van der Waals surface area (Å²) in [5, 5.41) is 24.4. The van der Waals surface area contributed by atoms with E-state index >= 15 is 0 Å². The fourth-order valence-corrected chi connectivity index (χ4v) is 2.69. The first kappa shape index (κ1) is 19.8. The van der Waals surface area contributed by atoms with E-state index in [9.17, 15) is 5.11 Å². The van der Waals surface area contributed by atoms with Crippen LogP contribution in [0.5, 0.6) is 11.5 Å². The van der Waals surface area contributed by atoms with Gasteiger partial charge in [0.25, 0.3) is 0 Å². The van der Waals surface area contributed by atoms with Crippen LogP contribution in [-0.2, 0) is 13.2 Å². The smallest absolute Gasteiger partial charge is 0.194 e. The average Bonchev–Trinajstić information content (AvgIpc) is 3.15. The summed E-state index contributed by atoms with van der Waals surface area (Å²) in [4.78, 5) is 0. The number of methoxy groups -OCH3 is 1. The number of aryl methyl sites for hydroxylation is 1. The van der Waals surface area contributed by atoms with Crippen molar-refractivity contribution < 1.29 is 14.6 Å². The Kier molecular flexibility index (Phi) is 6.57. The normalized spacial score (nSPS) is 12.0. The lowest BCUT2D eigenvalue weighted by Gasteiger charge is -2.13. The molecule has 2 N–H and O–H groups in total. The van der Waals surface area contributed by atoms with Crippen LogP contribution in [0.3, 0.4) is 0 Å². The minimum Gasteiger partial charge on any atom is -0.493 e. The van der Waals surface area contributed by atoms with Crippen molar-refractivity contribution in [1.29, 1.82) is 0 Å². The molecule has 1 unspecified atom stereocenters. The molecule has 0 bridgehead atoms. The molecule has 0 saturated heterocycles. The number of aliphatic hydroxyl groups excluding tert-OH is 1. The maximum Gasteiger partial charge on any atom is 0.194 e. The zero-order valence-electron chi connectivity index (χ0n) is 16.3. The molecular formula is C20H25N5O3. The van der Waals surface area contributed by atoms with Crippen molar-refractivity contribution in [3.05, 3.63) is 59.4 Å². The molecule has 0 aliphatic carbocycles. The number of tetrazole rings is 1. The summed E-state index contributed by atoms with van der Waals surface area (Å²) in [7, 11) is 1.60. The summed E-state index contributed by atoms with van der Waals surface area (Å²) in [6.07, 6.45) is -0.385. The second-order valence-electron chi connectivity index (χ2n) is 6.60. The van der Waals surface area contributed by atoms with E-state index in [1.165, 1.54) is 5.56 Å². The zero-order chi connectivity index (χ0) is 19.9. The third kappa shape index (κ3) is 5.05. The molecule has 28 heavy (non-hydrogen) atoms. The van der Waals surface area contributed by atoms with Gasteiger partial charge in [-0.3, -0.25) is 0 Å². The van der Waals surface area contributed by atoms with E-state index in [0.717, 1.165) is 11.3 Å². The number of aromatic nitrogens is 4. The van der Waals surface area contributed by atoms with Crippen molar-refractivity contribution in [2.24, 2.45) is 0 Å². The molecule has 0 spiro atoms. The van der Waals surface area contributed by atoms with Crippen LogP contribution in [0.25, 0.3) is 5.69 Å². The molecule has 3 aromatic rings. The second-order valence-corrected chi connectivity index (χ2v) is 6.60. The summed E-state index contributed by atoms with van der Waals surface area (Å²) in [6.45, 7) is 5.14. The van der Waals surface area contributed by atoms with Crippen molar-refractivity contribution in [3.8, 4) is 17.2 Å². The van der Waals surface area contributed by atoms with Crippen molar-refractivity contribution in [2.45, 2.75) is 33.1 Å². The predicted octanol–water partition coefficient (Wildman–Crippen LogP) is 2.03. The highest BCUT2D eigenvalue weighted by molar-refractivity contribution is 5.43. The lowest BCUT2D eigenvalue weighted by atomic mass is 10.2. The van der Waals surface area contributed by atoms with Gasteiger partial charge in [-0.1, -0.05) is 23.8 Å². The molecule has 8 nitrogen and oxygen atoms in total. The maximum atomic E-state index is 9.33. The van der Waals surface area contributed by atoms with Crippen LogP contribution < -0.4 is 14.8 Å². The molecule has 0 radical (unpaired) electrons. The summed E-state index contributed by atoms with van der Waals surface area (Å²) >= 11 is 0. The van der Waals surface area contributed by atoms with Gasteiger partial charge in [0.15, 0.2) is 23.9 Å². The average molecular weight is 383 g/mol. The van der Waals surface area contributed by atoms with E-state index in [2.05, 4.69) is 20.8 Å². The van der Waals surface area contributed by atoms with E-state index in [1.54, 1.807) is 18.7 Å². The summed E-state index contributed by atoms with van der Waals surface area (Å²) in [6, 6.07) is 13.7. The molecule has 0 saturated carbocycles. The quantitative estimate of drug-likeness (QED) is 0.584. The van der Waals surface area contributed by atoms with Crippen molar-refractivity contribution in [2.75, 3.05) is 13.7 Å². The number of nitrogens with zero attached hydrogens (tertiary/aromatic N) is 4. The van der Waals surface area contributed by atoms with Gasteiger partial charge in [0, 0.05) is 13.1 Å². The van der Waals surface area contributed by atoms with Crippen LogP contribution in [-0.4, -0.2) is 45.1 Å². The molecule has 0 amide bonds. The molecule has 0 fully saturated rings. The van der Waals surface area contributed by atoms with E-state index in [1.807, 2.05) is 49.4 Å². The predicted molar refractivity (Wildman–Crippen MR) is 105 cm³/mol. The molecular weight excluding hydrogens is 358 g/mol. The Labute approximate surface area is 164 Å². The van der Waals surface area contributed by atoms with Crippen LogP contribution >= 0.6 is 0 Å². The third-order valence-electron chi connectivity index (χ3n) is 4.17. The third-order valence-corrected chi connectivity index (χ3v) is 4.17. The number of aliphatic hydroxyl groups is 1. The molecule has 3 rings (SSSR count). The number of nitrogens with one attached hydrogen (secondary N) is 1. The summed E-state index contributed by atoms with van der Waals surface area (Å²) < 4.78 is 13.0. The maximum absolute atomic E-state index is 9.33. The number of hydrogen-bond acceptors (Lipinski definition) is 7. The van der Waals surface area contributed by atoms with Crippen molar-refractivity contribution in [3.63, 3.8) is 0 Å². The molecule has 1 aromatic heterocycles. The largest absolute Gasteiger partial charge is 0.493 e. The molecule has 1 atom stereocenters. The molecule has 2 aromatic carbocycles. The Morgan fingerprint density at radius 2 is 1.93 bits per heavy atom. The SMILES string of the molecule is COc1cc(CNCC(C)O)ccc1OCc1nnnn1-c1ccc(C)cc1. The number of rotatable bonds is 9. The van der Waals surface area contributed by atoms with E-state index in [0.29, 0.717) is 30.4 Å². The Hall–Kier alpha value is -2.97. The molecule has 148 valence electrons. The molecule has 1 heterocycles. The van der Waals surface area contributed by atoms with Gasteiger partial charge in [-0.05, 0) is 54.1 Å². The van der Waals surface area contributed by atoms with Crippen LogP contribution in [0.4, 0.5) is 0 Å². The van der Waals surface area contributed by atoms with Crippen LogP contribution in [0, 0.1) is 6.92 Å². The number of ether oxygens (including phenoxy) is 2. The van der Waals surface area contributed by atoms with Crippen LogP contribution in [0.1, 0.15) is 23.9 Å². The highest BCUT2D eigenvalue weighted by Crippen LogP contribution is 2.28. The zero-order valence-corrected chi connectivity index (χ0v) is 16.3. The monoisotopic (exact) mass is 383 g/mol. The summed E-state index contributed by atoms with van der Waals surface area (Å²) in [5.41, 5.74) is 3.08. The van der Waals surface area contributed by atoms with Gasteiger partial charge in [-0.15, -0.1) is 5.10 Å². The van der Waals surface area contributed by atoms with E-state index in [4.69, 9.17) is 9.47 Å². The second kappa shape index (κ2) is 9.29. The number of benzene rings is 2. The van der Waals surface area contributed by atoms with E-state index in [-0.39, 0.29) is 12.7 Å². The Morgan fingerprint density at radius 3 is 2.64 bits per heavy atom.